The zero-order valence-corrected chi connectivity index (χ0v) is 24.4. The normalized spacial score (nSPS) is 24.0. The first kappa shape index (κ1) is 27.5. The number of allylic oxidation sites excluding steroid dienone is 1. The number of ether oxygens (including phenoxy) is 2. The second-order valence-corrected chi connectivity index (χ2v) is 11.9. The van der Waals surface area contributed by atoms with Crippen molar-refractivity contribution in [2.75, 3.05) is 18.1 Å². The van der Waals surface area contributed by atoms with Crippen molar-refractivity contribution in [1.82, 2.24) is 0 Å². The highest BCUT2D eigenvalue weighted by Gasteiger charge is 2.57. The fourth-order valence-electron chi connectivity index (χ4n) is 6.46. The summed E-state index contributed by atoms with van der Waals surface area (Å²) in [6, 6.07) is 24.2. The topological polar surface area (TPSA) is 76.1 Å². The molecule has 41 heavy (non-hydrogen) atoms. The van der Waals surface area contributed by atoms with E-state index < -0.39 is 11.8 Å². The van der Waals surface area contributed by atoms with Crippen molar-refractivity contribution in [3.05, 3.63) is 106 Å². The molecule has 2 amide bonds. The molecule has 210 valence electrons. The molecule has 0 spiro atoms. The van der Waals surface area contributed by atoms with E-state index in [0.29, 0.717) is 25.3 Å². The predicted octanol–water partition coefficient (Wildman–Crippen LogP) is 6.94. The van der Waals surface area contributed by atoms with Crippen molar-refractivity contribution in [3.63, 3.8) is 0 Å². The molecule has 6 rings (SSSR count). The Bertz CT molecular complexity index is 1520. The summed E-state index contributed by atoms with van der Waals surface area (Å²) in [4.78, 5) is 28.8. The number of rotatable bonds is 8. The van der Waals surface area contributed by atoms with E-state index in [1.54, 1.807) is 6.07 Å². The lowest BCUT2D eigenvalue weighted by Crippen LogP contribution is -2.35. The van der Waals surface area contributed by atoms with Crippen LogP contribution in [0, 0.1) is 17.8 Å². The zero-order valence-electron chi connectivity index (χ0n) is 22.8. The number of amides is 2. The highest BCUT2D eigenvalue weighted by Crippen LogP contribution is 2.50. The largest absolute Gasteiger partial charge is 0.507 e. The molecule has 0 bridgehead atoms. The van der Waals surface area contributed by atoms with Gasteiger partial charge in [-0.2, -0.15) is 0 Å². The minimum absolute atomic E-state index is 0.137. The van der Waals surface area contributed by atoms with E-state index in [0.717, 1.165) is 45.3 Å². The minimum Gasteiger partial charge on any atom is -0.507 e. The third-order valence-corrected chi connectivity index (χ3v) is 8.86. The number of hydrogen-bond acceptors (Lipinski definition) is 5. The second kappa shape index (κ2) is 11.7. The lowest BCUT2D eigenvalue weighted by atomic mass is 9.69. The maximum Gasteiger partial charge on any atom is 0.238 e. The Kier molecular flexibility index (Phi) is 7.82. The third-order valence-electron chi connectivity index (χ3n) is 8.37. The number of halogens is 1. The first-order valence-electron chi connectivity index (χ1n) is 14.0. The number of para-hydroxylation sites is 2. The number of anilines is 1. The average Bonchev–Trinajstić information content (AvgIpc) is 3.51. The summed E-state index contributed by atoms with van der Waals surface area (Å²) in [5.41, 5.74) is 4.67. The molecule has 6 nitrogen and oxygen atoms in total. The molecule has 7 heteroatoms. The van der Waals surface area contributed by atoms with Crippen LogP contribution < -0.4 is 9.64 Å². The van der Waals surface area contributed by atoms with Crippen molar-refractivity contribution in [1.29, 1.82) is 0 Å². The van der Waals surface area contributed by atoms with Crippen molar-refractivity contribution in [3.8, 4) is 11.5 Å². The summed E-state index contributed by atoms with van der Waals surface area (Å²) in [6.45, 7) is 2.81. The van der Waals surface area contributed by atoms with E-state index in [9.17, 15) is 14.7 Å². The highest BCUT2D eigenvalue weighted by atomic mass is 79.9. The molecule has 2 saturated heterocycles. The van der Waals surface area contributed by atoms with E-state index in [1.165, 1.54) is 4.90 Å². The van der Waals surface area contributed by atoms with Gasteiger partial charge in [0.1, 0.15) is 18.1 Å². The van der Waals surface area contributed by atoms with Crippen LogP contribution in [0.25, 0.3) is 6.08 Å². The average molecular weight is 615 g/mol. The number of nitrogens with zero attached hydrogens (tertiary/aromatic N) is 1. The smallest absolute Gasteiger partial charge is 0.238 e. The maximum atomic E-state index is 13.8. The Morgan fingerprint density at radius 3 is 2.51 bits per heavy atom. The summed E-state index contributed by atoms with van der Waals surface area (Å²) in [5, 5.41) is 10.3. The van der Waals surface area contributed by atoms with Crippen molar-refractivity contribution < 1.29 is 24.2 Å². The van der Waals surface area contributed by atoms with E-state index in [2.05, 4.69) is 15.9 Å². The van der Waals surface area contributed by atoms with Gasteiger partial charge in [0.05, 0.1) is 30.2 Å². The molecule has 3 aromatic rings. The van der Waals surface area contributed by atoms with Gasteiger partial charge in [-0.1, -0.05) is 64.0 Å². The standard InChI is InChI=1S/C34H32BrNO5/c1-21(16-22-17-24(35)13-14-29(22)37)12-15-30-31-23(19-40-26-10-6-3-7-11-26)18-27-32(28(31)20-41-30)34(39)36(33(27)38)25-8-4-2-5-9-25/h2-11,13-14,16-17,27-28,30,32,37H,12,15,18-20H2,1H3/b21-16+/t27-,28+,30-,32-/m1/s1. The first-order valence-corrected chi connectivity index (χ1v) is 14.8. The number of carbonyl (C=O) groups is 2. The molecule has 3 aliphatic rings. The van der Waals surface area contributed by atoms with Gasteiger partial charge in [0.15, 0.2) is 0 Å². The number of aromatic hydroxyl groups is 1. The van der Waals surface area contributed by atoms with Crippen LogP contribution in [0.2, 0.25) is 0 Å². The Morgan fingerprint density at radius 2 is 1.76 bits per heavy atom. The second-order valence-electron chi connectivity index (χ2n) is 11.0. The van der Waals surface area contributed by atoms with Crippen LogP contribution in [-0.4, -0.2) is 36.2 Å². The Balaban J connectivity index is 1.27. The number of imide groups is 1. The Hall–Kier alpha value is -3.68. The van der Waals surface area contributed by atoms with Gasteiger partial charge in [-0.05, 0) is 79.8 Å². The summed E-state index contributed by atoms with van der Waals surface area (Å²) >= 11 is 3.47. The van der Waals surface area contributed by atoms with Crippen molar-refractivity contribution in [2.24, 2.45) is 17.8 Å². The van der Waals surface area contributed by atoms with E-state index in [4.69, 9.17) is 9.47 Å². The number of hydrogen-bond donors (Lipinski definition) is 1. The summed E-state index contributed by atoms with van der Waals surface area (Å²) < 4.78 is 13.5. The maximum absolute atomic E-state index is 13.8. The van der Waals surface area contributed by atoms with Gasteiger partial charge >= 0.3 is 0 Å². The molecular weight excluding hydrogens is 582 g/mol. The number of carbonyl (C=O) groups excluding carboxylic acids is 2. The minimum atomic E-state index is -0.432. The van der Waals surface area contributed by atoms with Crippen LogP contribution in [-0.2, 0) is 14.3 Å². The van der Waals surface area contributed by atoms with Crippen LogP contribution in [0.5, 0.6) is 11.5 Å². The van der Waals surface area contributed by atoms with Gasteiger partial charge in [-0.15, -0.1) is 0 Å². The quantitative estimate of drug-likeness (QED) is 0.220. The fourth-order valence-corrected chi connectivity index (χ4v) is 6.84. The SMILES string of the molecule is C/C(=C\c1cc(Br)ccc1O)CC[C@H]1OC[C@H]2C1=C(COc1ccccc1)C[C@H]1C(=O)N(c3ccccc3)C(=O)[C@H]12. The van der Waals surface area contributed by atoms with Crippen LogP contribution in [0.15, 0.2) is 100 Å². The van der Waals surface area contributed by atoms with Crippen molar-refractivity contribution >= 4 is 39.5 Å². The molecular formula is C34H32BrNO5. The van der Waals surface area contributed by atoms with E-state index in [-0.39, 0.29) is 29.6 Å². The zero-order chi connectivity index (χ0) is 28.5. The highest BCUT2D eigenvalue weighted by molar-refractivity contribution is 9.10. The van der Waals surface area contributed by atoms with Crippen LogP contribution in [0.4, 0.5) is 5.69 Å². The molecule has 1 aliphatic carbocycles. The van der Waals surface area contributed by atoms with Crippen molar-refractivity contribution in [2.45, 2.75) is 32.3 Å². The lowest BCUT2D eigenvalue weighted by Gasteiger charge is -2.31. The third kappa shape index (κ3) is 5.48. The molecule has 2 heterocycles. The number of phenolic OH excluding ortho intramolecular Hbond substituents is 1. The molecule has 2 fully saturated rings. The monoisotopic (exact) mass is 613 g/mol. The molecule has 3 aromatic carbocycles. The molecule has 0 saturated carbocycles. The van der Waals surface area contributed by atoms with Gasteiger partial charge in [0.25, 0.3) is 0 Å². The summed E-state index contributed by atoms with van der Waals surface area (Å²) in [6.07, 6.45) is 3.81. The summed E-state index contributed by atoms with van der Waals surface area (Å²) in [7, 11) is 0. The van der Waals surface area contributed by atoms with Gasteiger partial charge in [0, 0.05) is 16.0 Å². The number of phenols is 1. The lowest BCUT2D eigenvalue weighted by molar-refractivity contribution is -0.122. The predicted molar refractivity (Wildman–Crippen MR) is 161 cm³/mol. The van der Waals surface area contributed by atoms with E-state index >= 15 is 0 Å². The Labute approximate surface area is 248 Å². The Morgan fingerprint density at radius 1 is 1.02 bits per heavy atom. The fraction of sp³-hybridized carbons (Fsp3) is 0.294. The van der Waals surface area contributed by atoms with Crippen LogP contribution in [0.3, 0.4) is 0 Å². The molecule has 0 aromatic heterocycles. The molecule has 2 aliphatic heterocycles. The van der Waals surface area contributed by atoms with Gasteiger partial charge < -0.3 is 14.6 Å². The molecule has 4 atom stereocenters. The molecule has 0 unspecified atom stereocenters. The van der Waals surface area contributed by atoms with Gasteiger partial charge in [0.2, 0.25) is 11.8 Å². The number of benzene rings is 3. The number of fused-ring (bicyclic) bond motifs is 3. The van der Waals surface area contributed by atoms with Gasteiger partial charge in [-0.25, -0.2) is 0 Å². The van der Waals surface area contributed by atoms with Crippen LogP contribution >= 0.6 is 15.9 Å². The summed E-state index contributed by atoms with van der Waals surface area (Å²) in [5.74, 6) is -0.286. The molecule has 1 N–H and O–H groups in total. The van der Waals surface area contributed by atoms with E-state index in [1.807, 2.05) is 85.8 Å². The van der Waals surface area contributed by atoms with Gasteiger partial charge in [-0.3, -0.25) is 14.5 Å². The van der Waals surface area contributed by atoms with Crippen LogP contribution in [0.1, 0.15) is 31.7 Å². The molecule has 0 radical (unpaired) electrons. The first-order chi connectivity index (χ1) is 19.9.